The molecule has 2 aliphatic heterocycles. The molecular formula is C20H26N8O. The van der Waals surface area contributed by atoms with Gasteiger partial charge in [0.05, 0.1) is 13.1 Å². The van der Waals surface area contributed by atoms with Crippen molar-refractivity contribution in [3.05, 3.63) is 53.4 Å². The SMILES string of the molecule is c1ccc(Cc2nnc3n2CCN(Cc2nnnn2CC2CCOCC2)C3)cc1. The molecule has 0 amide bonds. The number of rotatable bonds is 6. The zero-order valence-corrected chi connectivity index (χ0v) is 16.5. The minimum Gasteiger partial charge on any atom is -0.381 e. The topological polar surface area (TPSA) is 86.8 Å². The predicted octanol–water partition coefficient (Wildman–Crippen LogP) is 1.30. The average molecular weight is 394 g/mol. The maximum absolute atomic E-state index is 5.46. The molecule has 0 saturated carbocycles. The van der Waals surface area contributed by atoms with Gasteiger partial charge in [-0.05, 0) is 34.7 Å². The molecule has 5 rings (SSSR count). The highest BCUT2D eigenvalue weighted by Gasteiger charge is 2.24. The molecule has 9 nitrogen and oxygen atoms in total. The third-order valence-electron chi connectivity index (χ3n) is 5.86. The molecule has 0 bridgehead atoms. The molecule has 29 heavy (non-hydrogen) atoms. The molecule has 152 valence electrons. The van der Waals surface area contributed by atoms with Crippen molar-refractivity contribution in [2.24, 2.45) is 5.92 Å². The molecule has 0 aliphatic carbocycles. The molecule has 9 heteroatoms. The summed E-state index contributed by atoms with van der Waals surface area (Å²) in [5, 5.41) is 21.3. The Morgan fingerprint density at radius 2 is 1.83 bits per heavy atom. The van der Waals surface area contributed by atoms with Gasteiger partial charge in [-0.2, -0.15) is 0 Å². The van der Waals surface area contributed by atoms with E-state index < -0.39 is 0 Å². The predicted molar refractivity (Wildman–Crippen MR) is 105 cm³/mol. The molecule has 0 radical (unpaired) electrons. The first-order valence-electron chi connectivity index (χ1n) is 10.3. The Bertz CT molecular complexity index is 931. The van der Waals surface area contributed by atoms with Crippen LogP contribution in [-0.2, 0) is 37.3 Å². The molecular weight excluding hydrogens is 368 g/mol. The Morgan fingerprint density at radius 3 is 2.69 bits per heavy atom. The van der Waals surface area contributed by atoms with Crippen LogP contribution in [0.1, 0.15) is 35.9 Å². The molecule has 1 aromatic carbocycles. The van der Waals surface area contributed by atoms with Crippen molar-refractivity contribution in [1.82, 2.24) is 39.9 Å². The van der Waals surface area contributed by atoms with Crippen molar-refractivity contribution in [3.63, 3.8) is 0 Å². The van der Waals surface area contributed by atoms with Crippen molar-refractivity contribution < 1.29 is 4.74 Å². The monoisotopic (exact) mass is 394 g/mol. The Balaban J connectivity index is 1.23. The van der Waals surface area contributed by atoms with Gasteiger partial charge in [0.1, 0.15) is 11.6 Å². The summed E-state index contributed by atoms with van der Waals surface area (Å²) in [4.78, 5) is 2.35. The maximum Gasteiger partial charge on any atom is 0.165 e. The van der Waals surface area contributed by atoms with E-state index in [0.29, 0.717) is 5.92 Å². The third-order valence-corrected chi connectivity index (χ3v) is 5.86. The van der Waals surface area contributed by atoms with Crippen LogP contribution in [0.25, 0.3) is 0 Å². The van der Waals surface area contributed by atoms with Gasteiger partial charge >= 0.3 is 0 Å². The van der Waals surface area contributed by atoms with Gasteiger partial charge in [0.2, 0.25) is 0 Å². The van der Waals surface area contributed by atoms with E-state index in [4.69, 9.17) is 4.74 Å². The summed E-state index contributed by atoms with van der Waals surface area (Å²) in [5.74, 6) is 3.57. The number of hydrogen-bond acceptors (Lipinski definition) is 7. The number of nitrogens with zero attached hydrogens (tertiary/aromatic N) is 8. The fourth-order valence-electron chi connectivity index (χ4n) is 4.16. The standard InChI is InChI=1S/C20H26N8O/c1-2-4-16(5-3-1)12-18-21-22-19-14-26(8-9-27(18)19)15-20-23-24-25-28(20)13-17-6-10-29-11-7-17/h1-5,17H,6-15H2. The Labute approximate surface area is 169 Å². The average Bonchev–Trinajstić information content (AvgIpc) is 3.36. The van der Waals surface area contributed by atoms with Crippen LogP contribution < -0.4 is 0 Å². The quantitative estimate of drug-likeness (QED) is 0.623. The zero-order valence-electron chi connectivity index (χ0n) is 16.5. The minimum atomic E-state index is 0.594. The fourth-order valence-corrected chi connectivity index (χ4v) is 4.16. The smallest absolute Gasteiger partial charge is 0.165 e. The van der Waals surface area contributed by atoms with Crippen LogP contribution in [0.3, 0.4) is 0 Å². The first-order chi connectivity index (χ1) is 14.3. The van der Waals surface area contributed by atoms with Crippen LogP contribution in [0.2, 0.25) is 0 Å². The van der Waals surface area contributed by atoms with Crippen molar-refractivity contribution in [3.8, 4) is 0 Å². The Hall–Kier alpha value is -2.65. The van der Waals surface area contributed by atoms with E-state index in [1.165, 1.54) is 5.56 Å². The number of aromatic nitrogens is 7. The lowest BCUT2D eigenvalue weighted by atomic mass is 10.0. The lowest BCUT2D eigenvalue weighted by Gasteiger charge is -2.27. The van der Waals surface area contributed by atoms with E-state index in [1.54, 1.807) is 0 Å². The zero-order chi connectivity index (χ0) is 19.5. The minimum absolute atomic E-state index is 0.594. The van der Waals surface area contributed by atoms with Gasteiger partial charge in [0.25, 0.3) is 0 Å². The Morgan fingerprint density at radius 1 is 0.966 bits per heavy atom. The fraction of sp³-hybridized carbons (Fsp3) is 0.550. The summed E-state index contributed by atoms with van der Waals surface area (Å²) >= 11 is 0. The second kappa shape index (κ2) is 8.38. The van der Waals surface area contributed by atoms with Gasteiger partial charge in [0, 0.05) is 39.3 Å². The van der Waals surface area contributed by atoms with E-state index >= 15 is 0 Å². The maximum atomic E-state index is 5.46. The first-order valence-corrected chi connectivity index (χ1v) is 10.3. The summed E-state index contributed by atoms with van der Waals surface area (Å²) in [6.45, 7) is 5.90. The van der Waals surface area contributed by atoms with E-state index in [-0.39, 0.29) is 0 Å². The number of benzene rings is 1. The second-order valence-corrected chi connectivity index (χ2v) is 7.89. The summed E-state index contributed by atoms with van der Waals surface area (Å²) in [6, 6.07) is 10.4. The van der Waals surface area contributed by atoms with E-state index in [9.17, 15) is 0 Å². The summed E-state index contributed by atoms with van der Waals surface area (Å²) in [7, 11) is 0. The normalized spacial score (nSPS) is 18.1. The molecule has 3 aromatic rings. The Kier molecular flexibility index (Phi) is 5.31. The highest BCUT2D eigenvalue weighted by atomic mass is 16.5. The van der Waals surface area contributed by atoms with Crippen molar-refractivity contribution in [2.45, 2.75) is 45.4 Å². The lowest BCUT2D eigenvalue weighted by molar-refractivity contribution is 0.0592. The summed E-state index contributed by atoms with van der Waals surface area (Å²) in [6.07, 6.45) is 2.98. The molecule has 1 saturated heterocycles. The number of ether oxygens (including phenoxy) is 1. The molecule has 0 unspecified atom stereocenters. The van der Waals surface area contributed by atoms with E-state index in [1.807, 2.05) is 10.7 Å². The van der Waals surface area contributed by atoms with Gasteiger partial charge < -0.3 is 9.30 Å². The largest absolute Gasteiger partial charge is 0.381 e. The third kappa shape index (κ3) is 4.20. The van der Waals surface area contributed by atoms with Gasteiger partial charge in [0.15, 0.2) is 5.82 Å². The molecule has 2 aliphatic rings. The van der Waals surface area contributed by atoms with Crippen molar-refractivity contribution >= 4 is 0 Å². The second-order valence-electron chi connectivity index (χ2n) is 7.89. The van der Waals surface area contributed by atoms with Crippen LogP contribution in [0, 0.1) is 5.92 Å². The van der Waals surface area contributed by atoms with E-state index in [0.717, 1.165) is 82.7 Å². The van der Waals surface area contributed by atoms with Crippen LogP contribution in [-0.4, -0.2) is 59.6 Å². The number of hydrogen-bond donors (Lipinski definition) is 0. The highest BCUT2D eigenvalue weighted by molar-refractivity contribution is 5.19. The highest BCUT2D eigenvalue weighted by Crippen LogP contribution is 2.19. The molecule has 0 spiro atoms. The number of tetrazole rings is 1. The van der Waals surface area contributed by atoms with Crippen molar-refractivity contribution in [1.29, 1.82) is 0 Å². The van der Waals surface area contributed by atoms with Crippen LogP contribution in [0.5, 0.6) is 0 Å². The lowest BCUT2D eigenvalue weighted by Crippen LogP contribution is -2.35. The summed E-state index contributed by atoms with van der Waals surface area (Å²) < 4.78 is 9.69. The van der Waals surface area contributed by atoms with Gasteiger partial charge in [-0.3, -0.25) is 4.90 Å². The molecule has 4 heterocycles. The molecule has 0 atom stereocenters. The summed E-state index contributed by atoms with van der Waals surface area (Å²) in [5.41, 5.74) is 1.26. The number of fused-ring (bicyclic) bond motifs is 1. The van der Waals surface area contributed by atoms with Crippen molar-refractivity contribution in [2.75, 3.05) is 19.8 Å². The van der Waals surface area contributed by atoms with Crippen LogP contribution in [0.15, 0.2) is 30.3 Å². The van der Waals surface area contributed by atoms with Gasteiger partial charge in [-0.1, -0.05) is 30.3 Å². The molecule has 2 aromatic heterocycles. The van der Waals surface area contributed by atoms with Crippen LogP contribution in [0.4, 0.5) is 0 Å². The molecule has 1 fully saturated rings. The van der Waals surface area contributed by atoms with Gasteiger partial charge in [-0.15, -0.1) is 15.3 Å². The van der Waals surface area contributed by atoms with Crippen LogP contribution >= 0.6 is 0 Å². The van der Waals surface area contributed by atoms with Gasteiger partial charge in [-0.25, -0.2) is 4.68 Å². The first kappa shape index (κ1) is 18.4. The molecule has 0 N–H and O–H groups in total. The van der Waals surface area contributed by atoms with E-state index in [2.05, 4.69) is 59.5 Å².